The Hall–Kier alpha value is -1.35. The molecule has 3 nitrogen and oxygen atoms in total. The molecule has 0 fully saturated rings. The topological polar surface area (TPSA) is 55.1 Å². The SMILES string of the molecule is CCCNC(=O)C(CN)c1ccccc1. The summed E-state index contributed by atoms with van der Waals surface area (Å²) >= 11 is 0. The second-order valence-electron chi connectivity index (χ2n) is 3.49. The van der Waals surface area contributed by atoms with Gasteiger partial charge in [0.15, 0.2) is 0 Å². The fraction of sp³-hybridized carbons (Fsp3) is 0.417. The van der Waals surface area contributed by atoms with Crippen LogP contribution in [0.3, 0.4) is 0 Å². The van der Waals surface area contributed by atoms with Crippen LogP contribution in [-0.4, -0.2) is 19.0 Å². The van der Waals surface area contributed by atoms with E-state index in [-0.39, 0.29) is 11.8 Å². The van der Waals surface area contributed by atoms with Crippen molar-refractivity contribution in [2.45, 2.75) is 19.3 Å². The maximum atomic E-state index is 11.7. The van der Waals surface area contributed by atoms with E-state index in [0.29, 0.717) is 13.1 Å². The average Bonchev–Trinajstić information content (AvgIpc) is 2.29. The Balaban J connectivity index is 2.67. The molecule has 0 aliphatic rings. The number of hydrogen-bond acceptors (Lipinski definition) is 2. The van der Waals surface area contributed by atoms with Crippen LogP contribution < -0.4 is 11.1 Å². The Bertz CT molecular complexity index is 298. The van der Waals surface area contributed by atoms with Crippen LogP contribution in [-0.2, 0) is 4.79 Å². The molecule has 1 amide bonds. The molecule has 3 N–H and O–H groups in total. The van der Waals surface area contributed by atoms with E-state index in [1.807, 2.05) is 37.3 Å². The van der Waals surface area contributed by atoms with Crippen LogP contribution in [0.15, 0.2) is 30.3 Å². The summed E-state index contributed by atoms with van der Waals surface area (Å²) < 4.78 is 0. The molecule has 0 spiro atoms. The lowest BCUT2D eigenvalue weighted by atomic mass is 9.98. The molecular formula is C12H18N2O. The van der Waals surface area contributed by atoms with Crippen LogP contribution in [0.2, 0.25) is 0 Å². The Morgan fingerprint density at radius 2 is 2.07 bits per heavy atom. The third-order valence-electron chi connectivity index (χ3n) is 2.30. The number of amides is 1. The highest BCUT2D eigenvalue weighted by molar-refractivity contribution is 5.83. The van der Waals surface area contributed by atoms with Gasteiger partial charge in [0.25, 0.3) is 0 Å². The van der Waals surface area contributed by atoms with E-state index in [9.17, 15) is 4.79 Å². The van der Waals surface area contributed by atoms with Gasteiger partial charge in [0, 0.05) is 13.1 Å². The zero-order chi connectivity index (χ0) is 11.1. The maximum absolute atomic E-state index is 11.7. The van der Waals surface area contributed by atoms with E-state index >= 15 is 0 Å². The van der Waals surface area contributed by atoms with E-state index < -0.39 is 0 Å². The van der Waals surface area contributed by atoms with Crippen molar-refractivity contribution >= 4 is 5.91 Å². The smallest absolute Gasteiger partial charge is 0.228 e. The molecule has 82 valence electrons. The molecule has 0 saturated carbocycles. The molecule has 0 radical (unpaired) electrons. The summed E-state index contributed by atoms with van der Waals surface area (Å²) in [5, 5.41) is 2.86. The summed E-state index contributed by atoms with van der Waals surface area (Å²) in [6, 6.07) is 9.64. The van der Waals surface area contributed by atoms with E-state index in [2.05, 4.69) is 5.32 Å². The Kier molecular flexibility index (Phi) is 4.84. The first-order valence-corrected chi connectivity index (χ1v) is 5.32. The minimum atomic E-state index is -0.224. The van der Waals surface area contributed by atoms with Crippen LogP contribution in [0, 0.1) is 0 Å². The third-order valence-corrected chi connectivity index (χ3v) is 2.30. The number of hydrogen-bond donors (Lipinski definition) is 2. The largest absolute Gasteiger partial charge is 0.356 e. The first kappa shape index (κ1) is 11.7. The predicted molar refractivity (Wildman–Crippen MR) is 61.5 cm³/mol. The third kappa shape index (κ3) is 3.36. The zero-order valence-corrected chi connectivity index (χ0v) is 9.07. The van der Waals surface area contributed by atoms with Crippen molar-refractivity contribution in [1.29, 1.82) is 0 Å². The monoisotopic (exact) mass is 206 g/mol. The van der Waals surface area contributed by atoms with E-state index in [1.165, 1.54) is 0 Å². The van der Waals surface area contributed by atoms with Crippen LogP contribution in [0.5, 0.6) is 0 Å². The van der Waals surface area contributed by atoms with Crippen molar-refractivity contribution < 1.29 is 4.79 Å². The van der Waals surface area contributed by atoms with Gasteiger partial charge < -0.3 is 11.1 Å². The van der Waals surface area contributed by atoms with Crippen LogP contribution >= 0.6 is 0 Å². The lowest BCUT2D eigenvalue weighted by Crippen LogP contribution is -2.33. The van der Waals surface area contributed by atoms with E-state index in [0.717, 1.165) is 12.0 Å². The number of nitrogens with two attached hydrogens (primary N) is 1. The molecule has 0 heterocycles. The molecule has 1 aromatic carbocycles. The highest BCUT2D eigenvalue weighted by Crippen LogP contribution is 2.13. The fourth-order valence-electron chi connectivity index (χ4n) is 1.45. The molecule has 0 saturated heterocycles. The lowest BCUT2D eigenvalue weighted by molar-refractivity contribution is -0.122. The van der Waals surface area contributed by atoms with Gasteiger partial charge in [-0.1, -0.05) is 37.3 Å². The van der Waals surface area contributed by atoms with Gasteiger partial charge in [-0.2, -0.15) is 0 Å². The summed E-state index contributed by atoms with van der Waals surface area (Å²) in [5.41, 5.74) is 6.60. The van der Waals surface area contributed by atoms with Crippen LogP contribution in [0.1, 0.15) is 24.8 Å². The Labute approximate surface area is 90.7 Å². The molecule has 0 aromatic heterocycles. The van der Waals surface area contributed by atoms with Crippen molar-refractivity contribution in [2.24, 2.45) is 5.73 Å². The highest BCUT2D eigenvalue weighted by atomic mass is 16.1. The number of benzene rings is 1. The molecule has 1 atom stereocenters. The maximum Gasteiger partial charge on any atom is 0.228 e. The summed E-state index contributed by atoms with van der Waals surface area (Å²) in [6.07, 6.45) is 0.942. The molecular weight excluding hydrogens is 188 g/mol. The van der Waals surface area contributed by atoms with Crippen molar-refractivity contribution in [3.05, 3.63) is 35.9 Å². The zero-order valence-electron chi connectivity index (χ0n) is 9.07. The summed E-state index contributed by atoms with van der Waals surface area (Å²) in [6.45, 7) is 3.09. The predicted octanol–water partition coefficient (Wildman–Crippen LogP) is 1.26. The van der Waals surface area contributed by atoms with Gasteiger partial charge in [-0.05, 0) is 12.0 Å². The lowest BCUT2D eigenvalue weighted by Gasteiger charge is -2.14. The van der Waals surface area contributed by atoms with Crippen LogP contribution in [0.4, 0.5) is 0 Å². The first-order chi connectivity index (χ1) is 7.29. The van der Waals surface area contributed by atoms with Gasteiger partial charge in [0.05, 0.1) is 5.92 Å². The molecule has 1 aromatic rings. The van der Waals surface area contributed by atoms with Gasteiger partial charge in [-0.3, -0.25) is 4.79 Å². The minimum absolute atomic E-state index is 0.0190. The number of carbonyl (C=O) groups excluding carboxylic acids is 1. The van der Waals surface area contributed by atoms with Gasteiger partial charge >= 0.3 is 0 Å². The summed E-state index contributed by atoms with van der Waals surface area (Å²) in [4.78, 5) is 11.7. The van der Waals surface area contributed by atoms with E-state index in [4.69, 9.17) is 5.73 Å². The van der Waals surface area contributed by atoms with Gasteiger partial charge in [0.2, 0.25) is 5.91 Å². The second-order valence-corrected chi connectivity index (χ2v) is 3.49. The fourth-order valence-corrected chi connectivity index (χ4v) is 1.45. The average molecular weight is 206 g/mol. The van der Waals surface area contributed by atoms with Crippen molar-refractivity contribution in [3.63, 3.8) is 0 Å². The Morgan fingerprint density at radius 1 is 1.40 bits per heavy atom. The summed E-state index contributed by atoms with van der Waals surface area (Å²) in [5.74, 6) is -0.205. The minimum Gasteiger partial charge on any atom is -0.356 e. The summed E-state index contributed by atoms with van der Waals surface area (Å²) in [7, 11) is 0. The first-order valence-electron chi connectivity index (χ1n) is 5.32. The normalized spacial score (nSPS) is 12.1. The van der Waals surface area contributed by atoms with Crippen molar-refractivity contribution in [3.8, 4) is 0 Å². The molecule has 0 bridgehead atoms. The second kappa shape index (κ2) is 6.19. The van der Waals surface area contributed by atoms with Crippen molar-refractivity contribution in [2.75, 3.05) is 13.1 Å². The number of nitrogens with one attached hydrogen (secondary N) is 1. The molecule has 3 heteroatoms. The number of carbonyl (C=O) groups is 1. The van der Waals surface area contributed by atoms with Gasteiger partial charge in [-0.15, -0.1) is 0 Å². The van der Waals surface area contributed by atoms with E-state index in [1.54, 1.807) is 0 Å². The standard InChI is InChI=1S/C12H18N2O/c1-2-8-14-12(15)11(9-13)10-6-4-3-5-7-10/h3-7,11H,2,8-9,13H2,1H3,(H,14,15). The molecule has 0 aliphatic heterocycles. The van der Waals surface area contributed by atoms with Crippen LogP contribution in [0.25, 0.3) is 0 Å². The quantitative estimate of drug-likeness (QED) is 0.762. The molecule has 1 rings (SSSR count). The molecule has 1 unspecified atom stereocenters. The van der Waals surface area contributed by atoms with Crippen molar-refractivity contribution in [1.82, 2.24) is 5.32 Å². The molecule has 0 aliphatic carbocycles. The van der Waals surface area contributed by atoms with Gasteiger partial charge in [-0.25, -0.2) is 0 Å². The molecule has 15 heavy (non-hydrogen) atoms. The highest BCUT2D eigenvalue weighted by Gasteiger charge is 2.17. The Morgan fingerprint density at radius 3 is 2.60 bits per heavy atom. The van der Waals surface area contributed by atoms with Gasteiger partial charge in [0.1, 0.15) is 0 Å². The number of rotatable bonds is 5.